The monoisotopic (exact) mass is 2040 g/mol. The molecule has 0 bridgehead atoms. The topological polar surface area (TPSA) is 591 Å². The van der Waals surface area contributed by atoms with Crippen molar-refractivity contribution in [2.75, 3.05) is 80.2 Å². The summed E-state index contributed by atoms with van der Waals surface area (Å²) in [5.41, 5.74) is -3.01. The Labute approximate surface area is 807 Å². The molecule has 11 rings (SSSR count). The minimum Gasteiger partial charge on any atom is -0.479 e. The van der Waals surface area contributed by atoms with E-state index in [0.717, 1.165) is 18.1 Å². The first kappa shape index (κ1) is 114. The van der Waals surface area contributed by atoms with E-state index in [9.17, 15) is 72.4 Å². The van der Waals surface area contributed by atoms with Crippen molar-refractivity contribution in [3.05, 3.63) is 108 Å². The highest BCUT2D eigenvalue weighted by atomic mass is 31.2. The number of carbonyl (C=O) groups excluding carboxylic acids is 6. The zero-order chi connectivity index (χ0) is 103. The number of aliphatic hydroxyl groups excluding tert-OH is 3. The van der Waals surface area contributed by atoms with E-state index in [4.69, 9.17) is 79.2 Å². The average Bonchev–Trinajstić information content (AvgIpc) is 1.60. The number of nitrogens with zero attached hydrogens (tertiary/aromatic N) is 12. The Hall–Kier alpha value is -9.82. The van der Waals surface area contributed by atoms with Gasteiger partial charge in [-0.3, -0.25) is 60.0 Å². The van der Waals surface area contributed by atoms with Gasteiger partial charge in [-0.25, -0.2) is 77.2 Å². The maximum atomic E-state index is 16.1. The van der Waals surface area contributed by atoms with Gasteiger partial charge in [-0.2, -0.15) is 15.0 Å². The predicted octanol–water partition coefficient (Wildman–Crippen LogP) is 8.64. The Kier molecular flexibility index (Phi) is 41.8. The van der Waals surface area contributed by atoms with E-state index in [-0.39, 0.29) is 135 Å². The summed E-state index contributed by atoms with van der Waals surface area (Å²) in [5.74, 6) is -2.31. The van der Waals surface area contributed by atoms with Crippen molar-refractivity contribution in [3.8, 4) is 17.6 Å². The van der Waals surface area contributed by atoms with Gasteiger partial charge in [0, 0.05) is 19.5 Å². The molecular weight excluding hydrogens is 1910 g/mol. The lowest BCUT2D eigenvalue weighted by Gasteiger charge is -2.28. The molecule has 1 amide bonds. The number of fused-ring (bicyclic) bond motifs is 3. The molecule has 0 spiro atoms. The number of benzene rings is 2. The molecule has 17 atom stereocenters. The summed E-state index contributed by atoms with van der Waals surface area (Å²) in [4.78, 5) is 113. The van der Waals surface area contributed by atoms with E-state index in [1.54, 1.807) is 106 Å². The van der Waals surface area contributed by atoms with E-state index < -0.39 is 183 Å². The summed E-state index contributed by atoms with van der Waals surface area (Å²) in [6, 6.07) is 12.5. The molecule has 140 heavy (non-hydrogen) atoms. The van der Waals surface area contributed by atoms with Crippen LogP contribution in [-0.4, -0.2) is 278 Å². The number of imidazole rings is 3. The highest BCUT2D eigenvalue weighted by Gasteiger charge is 2.58. The van der Waals surface area contributed by atoms with Crippen molar-refractivity contribution in [2.24, 2.45) is 11.8 Å². The minimum absolute atomic E-state index is 0.00762. The Balaban J connectivity index is 0.000000235. The van der Waals surface area contributed by atoms with Gasteiger partial charge in [0.2, 0.25) is 23.5 Å². The number of halogens is 2. The summed E-state index contributed by atoms with van der Waals surface area (Å²) in [7, 11) is -10.3. The minimum atomic E-state index is -4.49. The SMILES string of the molecule is CCOC(=O)C(CCC(C)C)NP(=O)(OCC(=O)OC(C)C)OC[C@H]1O[C@@H](n2cnc3c(OCC)nc(C)nc32)[C@@](C)(F)C1O.CCOC(=O)CCNP(=O)(OCC(=O)OCc1ccccc1)OC[C@H]1O[C@@H](n2cnc3c(OC)nc(C)nc32)[C@@](C)(O)C1O.COc1nc(C)nc2c1ncn2[C@@H]1O[C@H](COP(=O)(N[C@@H](CC(C)C)C(=O)OC(C)C)OCCCC(=O)NCc2ccc(F)cc2)C(O)[C@]1(C)O. The molecular formula is C88H129F2N16O31P3. The smallest absolute Gasteiger partial charge is 0.406 e. The zero-order valence-electron chi connectivity index (χ0n) is 81.6. The molecule has 3 aliphatic heterocycles. The number of amides is 1. The number of carbonyl (C=O) groups is 6. The second-order valence-corrected chi connectivity index (χ2v) is 40.0. The van der Waals surface area contributed by atoms with Crippen LogP contribution in [0.5, 0.6) is 17.6 Å². The van der Waals surface area contributed by atoms with Crippen molar-refractivity contribution < 1.29 is 156 Å². The zero-order valence-corrected chi connectivity index (χ0v) is 84.3. The number of rotatable bonds is 50. The Morgan fingerprint density at radius 1 is 0.514 bits per heavy atom. The van der Waals surface area contributed by atoms with Crippen LogP contribution >= 0.6 is 23.2 Å². The van der Waals surface area contributed by atoms with Gasteiger partial charge in [0.05, 0.1) is 98.1 Å². The highest BCUT2D eigenvalue weighted by molar-refractivity contribution is 7.52. The molecule has 47 nitrogen and oxygen atoms in total. The first-order valence-corrected chi connectivity index (χ1v) is 50.1. The van der Waals surface area contributed by atoms with Crippen LogP contribution in [0, 0.1) is 38.4 Å². The maximum absolute atomic E-state index is 16.1. The lowest BCUT2D eigenvalue weighted by atomic mass is 9.96. The van der Waals surface area contributed by atoms with Gasteiger partial charge in [0.1, 0.15) is 89.8 Å². The Bertz CT molecular complexity index is 5590. The first-order chi connectivity index (χ1) is 66.1. The third-order valence-corrected chi connectivity index (χ3v) is 26.2. The van der Waals surface area contributed by atoms with Crippen LogP contribution in [0.15, 0.2) is 73.6 Å². The number of ether oxygens (including phenoxy) is 11. The molecule has 2 aromatic carbocycles. The van der Waals surface area contributed by atoms with Gasteiger partial charge >= 0.3 is 53.1 Å². The molecule has 6 aromatic heterocycles. The highest BCUT2D eigenvalue weighted by Crippen LogP contribution is 2.52. The van der Waals surface area contributed by atoms with Crippen molar-refractivity contribution in [1.29, 1.82) is 0 Å². The van der Waals surface area contributed by atoms with Crippen LogP contribution < -0.4 is 34.8 Å². The number of aliphatic hydroxyl groups is 5. The van der Waals surface area contributed by atoms with Gasteiger partial charge in [-0.1, -0.05) is 70.2 Å². The van der Waals surface area contributed by atoms with Crippen molar-refractivity contribution in [1.82, 2.24) is 79.1 Å². The number of methoxy groups -OCH3 is 2. The second kappa shape index (κ2) is 51.4. The molecule has 7 unspecified atom stereocenters. The predicted molar refractivity (Wildman–Crippen MR) is 493 cm³/mol. The van der Waals surface area contributed by atoms with E-state index in [1.807, 2.05) is 33.8 Å². The number of hydrogen-bond acceptors (Lipinski definition) is 40. The molecule has 0 aliphatic carbocycles. The molecule has 0 saturated carbocycles. The lowest BCUT2D eigenvalue weighted by Crippen LogP contribution is -2.44. The number of nitrogens with one attached hydrogen (secondary N) is 4. The Morgan fingerprint density at radius 3 is 1.49 bits per heavy atom. The van der Waals surface area contributed by atoms with E-state index in [1.165, 1.54) is 72.9 Å². The Morgan fingerprint density at radius 2 is 0.986 bits per heavy atom. The summed E-state index contributed by atoms with van der Waals surface area (Å²) in [5, 5.41) is 66.3. The van der Waals surface area contributed by atoms with Gasteiger partial charge in [-0.05, 0) is 151 Å². The molecule has 9 heterocycles. The van der Waals surface area contributed by atoms with Gasteiger partial charge in [-0.15, -0.1) is 0 Å². The van der Waals surface area contributed by atoms with Crippen molar-refractivity contribution in [3.63, 3.8) is 0 Å². The van der Waals surface area contributed by atoms with Crippen LogP contribution in [0.3, 0.4) is 0 Å². The fraction of sp³-hybridized carbons (Fsp3) is 0.625. The van der Waals surface area contributed by atoms with E-state index in [0.29, 0.717) is 41.5 Å². The summed E-state index contributed by atoms with van der Waals surface area (Å²) in [6.07, 6.45) is -8.37. The van der Waals surface area contributed by atoms with Gasteiger partial charge in [0.15, 0.2) is 71.1 Å². The van der Waals surface area contributed by atoms with Crippen LogP contribution in [0.2, 0.25) is 0 Å². The molecule has 9 N–H and O–H groups in total. The van der Waals surface area contributed by atoms with Crippen molar-refractivity contribution >= 4 is 92.5 Å². The van der Waals surface area contributed by atoms with E-state index >= 15 is 4.39 Å². The molecule has 776 valence electrons. The molecule has 3 fully saturated rings. The number of esters is 5. The number of aryl methyl sites for hydroxylation is 3. The third kappa shape index (κ3) is 31.1. The lowest BCUT2D eigenvalue weighted by molar-refractivity contribution is -0.151. The fourth-order valence-corrected chi connectivity index (χ4v) is 18.8. The molecule has 3 aliphatic rings. The summed E-state index contributed by atoms with van der Waals surface area (Å²) < 4.78 is 168. The van der Waals surface area contributed by atoms with Crippen molar-refractivity contribution in [2.45, 2.75) is 266 Å². The van der Waals surface area contributed by atoms with E-state index in [2.05, 4.69) is 65.4 Å². The number of alkyl halides is 1. The van der Waals surface area contributed by atoms with Crippen LogP contribution in [0.4, 0.5) is 8.78 Å². The largest absolute Gasteiger partial charge is 0.479 e. The quantitative estimate of drug-likeness (QED) is 0.00745. The van der Waals surface area contributed by atoms with Crippen LogP contribution in [0.1, 0.15) is 183 Å². The maximum Gasteiger partial charge on any atom is 0.406 e. The van der Waals surface area contributed by atoms with Crippen LogP contribution in [-0.2, 0) is 121 Å². The standard InChI is InChI=1S/C33H48FN6O10P.C28H45FN5O10P.C27H36N5O11P/c1-19(2)15-24(31(43)49-20(3)4)39-51(45,47-14-8-9-26(41)35-16-22-10-12-23(34)13-11-22)48-17-25-28(42)33(6,44)32(50-25)40-18-36-27-29(40)37-21(5)38-30(27)46-7;1-9-39-25-22-24(31-18(7)32-25)34(15-30-22)27-28(8,29)23(36)20(44-27)13-41-45(38,42-14-21(35)43-17(5)6)33-19(12-11-16(3)4)26(37)40-10-2;1-5-39-20(33)11-12-29-44(37,42-15-21(34)40-13-18-9-7-6-8-10-18)41-14-19-23(35)27(3,36)26(43-19)32-16-28-22-24(32)30-17(2)31-25(22)38-4/h10-13,18-20,24-25,28,32,42,44H,8-9,14-17H2,1-7H3,(H,35,41)(H,39,45);15-17,19-20,23,27,36H,9-14H2,1-8H3,(H,33,38);6-10,16,19,23,26,35-36H,5,11-15H2,1-4H3,(H,29,37)/t24-,25+,28?,32+,33-,51?;19?,20-,23?,27-,28+,45?;19-,23?,26-,27+,44?/m011/s1. The first-order valence-electron chi connectivity index (χ1n) is 45.5. The second-order valence-electron chi connectivity index (χ2n) is 34.7. The summed E-state index contributed by atoms with van der Waals surface area (Å²) >= 11 is 0. The molecule has 52 heteroatoms. The summed E-state index contributed by atoms with van der Waals surface area (Å²) in [6.45, 7) is 25.3. The normalized spacial score (nSPS) is 23.0. The molecule has 3 saturated heterocycles. The van der Waals surface area contributed by atoms with Gasteiger partial charge < -0.3 is 83.0 Å². The van der Waals surface area contributed by atoms with Gasteiger partial charge in [0.25, 0.3) is 0 Å². The molecule has 8 aromatic rings. The number of hydrogen-bond donors (Lipinski definition) is 9. The fourth-order valence-electron chi connectivity index (χ4n) is 14.5. The average molecular weight is 2040 g/mol. The van der Waals surface area contributed by atoms with Crippen LogP contribution in [0.25, 0.3) is 33.5 Å². The number of aromatic nitrogens is 12. The third-order valence-electron chi connectivity index (χ3n) is 21.4. The molecule has 0 radical (unpaired) electrons.